The summed E-state index contributed by atoms with van der Waals surface area (Å²) in [4.78, 5) is 4.79. The van der Waals surface area contributed by atoms with Crippen molar-refractivity contribution in [2.45, 2.75) is 38.8 Å². The molecule has 2 N–H and O–H groups in total. The van der Waals surface area contributed by atoms with Gasteiger partial charge in [0.25, 0.3) is 0 Å². The van der Waals surface area contributed by atoms with Gasteiger partial charge in [0, 0.05) is 12.5 Å². The van der Waals surface area contributed by atoms with Gasteiger partial charge >= 0.3 is 0 Å². The van der Waals surface area contributed by atoms with Gasteiger partial charge < -0.3 is 10.3 Å². The highest BCUT2D eigenvalue weighted by Gasteiger charge is 2.25. The predicted octanol–water partition coefficient (Wildman–Crippen LogP) is 3.99. The molecular weight excluding hydrogens is 278 g/mol. The summed E-state index contributed by atoms with van der Waals surface area (Å²) in [6.07, 6.45) is 1.85. The second kappa shape index (κ2) is 6.00. The van der Waals surface area contributed by atoms with E-state index < -0.39 is 0 Å². The first-order valence-electron chi connectivity index (χ1n) is 7.49. The van der Waals surface area contributed by atoms with E-state index in [2.05, 4.69) is 53.4 Å². The molecule has 2 heterocycles. The molecule has 21 heavy (non-hydrogen) atoms. The molecule has 3 nitrogen and oxygen atoms in total. The Hall–Kier alpha value is -1.65. The molecule has 0 aliphatic heterocycles. The molecule has 110 valence electrons. The molecule has 0 bridgehead atoms. The molecule has 0 spiro atoms. The second-order valence-electron chi connectivity index (χ2n) is 5.31. The second-order valence-corrected chi connectivity index (χ2v) is 6.09. The smallest absolute Gasteiger partial charge is 0.110 e. The van der Waals surface area contributed by atoms with Gasteiger partial charge in [-0.2, -0.15) is 11.3 Å². The molecule has 4 heteroatoms. The van der Waals surface area contributed by atoms with Crippen LogP contribution in [0.5, 0.6) is 0 Å². The molecule has 0 fully saturated rings. The van der Waals surface area contributed by atoms with E-state index in [1.807, 2.05) is 6.07 Å². The summed E-state index contributed by atoms with van der Waals surface area (Å²) in [5, 5.41) is 4.32. The highest BCUT2D eigenvalue weighted by molar-refractivity contribution is 7.08. The van der Waals surface area contributed by atoms with E-state index in [4.69, 9.17) is 10.7 Å². The summed E-state index contributed by atoms with van der Waals surface area (Å²) in [7, 11) is 0. The van der Waals surface area contributed by atoms with Crippen LogP contribution in [0.25, 0.3) is 11.0 Å². The van der Waals surface area contributed by atoms with Crippen molar-refractivity contribution in [1.29, 1.82) is 0 Å². The maximum Gasteiger partial charge on any atom is 0.110 e. The zero-order valence-electron chi connectivity index (χ0n) is 12.5. The Kier molecular flexibility index (Phi) is 4.08. The number of benzene rings is 1. The fourth-order valence-electron chi connectivity index (χ4n) is 2.91. The Balaban J connectivity index is 2.23. The van der Waals surface area contributed by atoms with Gasteiger partial charge in [0.1, 0.15) is 5.82 Å². The number of imidazole rings is 1. The number of thiophene rings is 1. The standard InChI is InChI=1S/C17H21N3S/c1-3-13(18)17(12-9-10-21-11-12)20-15-8-6-5-7-14(15)19-16(20)4-2/h5-11,13,17H,3-4,18H2,1-2H3. The molecule has 3 rings (SSSR count). The molecule has 2 aromatic heterocycles. The normalized spacial score (nSPS) is 14.4. The van der Waals surface area contributed by atoms with E-state index in [1.165, 1.54) is 11.1 Å². The van der Waals surface area contributed by atoms with Crippen LogP contribution < -0.4 is 5.73 Å². The van der Waals surface area contributed by atoms with Crippen molar-refractivity contribution < 1.29 is 0 Å². The molecule has 0 aliphatic rings. The average Bonchev–Trinajstić information content (AvgIpc) is 3.16. The number of aromatic nitrogens is 2. The summed E-state index contributed by atoms with van der Waals surface area (Å²) in [5.74, 6) is 1.11. The first-order chi connectivity index (χ1) is 10.3. The number of hydrogen-bond donors (Lipinski definition) is 1. The summed E-state index contributed by atoms with van der Waals surface area (Å²) in [5.41, 5.74) is 9.98. The largest absolute Gasteiger partial charge is 0.326 e. The van der Waals surface area contributed by atoms with E-state index in [1.54, 1.807) is 11.3 Å². The van der Waals surface area contributed by atoms with Crippen molar-refractivity contribution in [3.05, 3.63) is 52.5 Å². The van der Waals surface area contributed by atoms with Crippen LogP contribution in [0.3, 0.4) is 0 Å². The Morgan fingerprint density at radius 2 is 2.05 bits per heavy atom. The third-order valence-electron chi connectivity index (χ3n) is 4.02. The van der Waals surface area contributed by atoms with Gasteiger partial charge in [-0.1, -0.05) is 26.0 Å². The first-order valence-corrected chi connectivity index (χ1v) is 8.44. The number of nitrogens with two attached hydrogens (primary N) is 1. The highest BCUT2D eigenvalue weighted by Crippen LogP contribution is 2.30. The van der Waals surface area contributed by atoms with Gasteiger partial charge in [-0.05, 0) is 40.9 Å². The number of fused-ring (bicyclic) bond motifs is 1. The number of hydrogen-bond acceptors (Lipinski definition) is 3. The maximum atomic E-state index is 6.47. The fourth-order valence-corrected chi connectivity index (χ4v) is 3.60. The lowest BCUT2D eigenvalue weighted by molar-refractivity contribution is 0.457. The lowest BCUT2D eigenvalue weighted by Crippen LogP contribution is -2.33. The minimum Gasteiger partial charge on any atom is -0.326 e. The number of rotatable bonds is 5. The SMILES string of the molecule is CCc1nc2ccccc2n1C(c1ccsc1)C(N)CC. The van der Waals surface area contributed by atoms with Crippen molar-refractivity contribution in [3.63, 3.8) is 0 Å². The topological polar surface area (TPSA) is 43.8 Å². The van der Waals surface area contributed by atoms with E-state index in [0.717, 1.165) is 24.2 Å². The van der Waals surface area contributed by atoms with Gasteiger partial charge in [-0.15, -0.1) is 0 Å². The minimum atomic E-state index is 0.0857. The summed E-state index contributed by atoms with van der Waals surface area (Å²) in [6.45, 7) is 4.30. The van der Waals surface area contributed by atoms with Crippen molar-refractivity contribution in [2.75, 3.05) is 0 Å². The highest BCUT2D eigenvalue weighted by atomic mass is 32.1. The number of nitrogens with zero attached hydrogens (tertiary/aromatic N) is 2. The van der Waals surface area contributed by atoms with Gasteiger partial charge in [-0.3, -0.25) is 0 Å². The molecule has 3 aromatic rings. The van der Waals surface area contributed by atoms with Crippen LogP contribution in [-0.4, -0.2) is 15.6 Å². The minimum absolute atomic E-state index is 0.0857. The van der Waals surface area contributed by atoms with Crippen LogP contribution in [0.1, 0.15) is 37.7 Å². The lowest BCUT2D eigenvalue weighted by atomic mass is 10.00. The maximum absolute atomic E-state index is 6.47. The Morgan fingerprint density at radius 3 is 2.71 bits per heavy atom. The third kappa shape index (κ3) is 2.49. The zero-order chi connectivity index (χ0) is 14.8. The van der Waals surface area contributed by atoms with Crippen molar-refractivity contribution in [1.82, 2.24) is 9.55 Å². The molecule has 1 aromatic carbocycles. The Bertz CT molecular complexity index is 715. The first kappa shape index (κ1) is 14.3. The predicted molar refractivity (Wildman–Crippen MR) is 89.8 cm³/mol. The molecule has 2 atom stereocenters. The summed E-state index contributed by atoms with van der Waals surface area (Å²) < 4.78 is 2.34. The third-order valence-corrected chi connectivity index (χ3v) is 4.73. The van der Waals surface area contributed by atoms with Crippen LogP contribution in [0, 0.1) is 0 Å². The van der Waals surface area contributed by atoms with Crippen molar-refractivity contribution in [2.24, 2.45) is 5.73 Å². The van der Waals surface area contributed by atoms with Gasteiger partial charge in [-0.25, -0.2) is 4.98 Å². The van der Waals surface area contributed by atoms with E-state index in [9.17, 15) is 0 Å². The van der Waals surface area contributed by atoms with E-state index >= 15 is 0 Å². The van der Waals surface area contributed by atoms with Crippen LogP contribution in [-0.2, 0) is 6.42 Å². The molecule has 0 amide bonds. The quantitative estimate of drug-likeness (QED) is 0.774. The van der Waals surface area contributed by atoms with Gasteiger partial charge in [0.05, 0.1) is 17.1 Å². The van der Waals surface area contributed by atoms with Crippen LogP contribution in [0.2, 0.25) is 0 Å². The Labute approximate surface area is 129 Å². The molecule has 0 radical (unpaired) electrons. The summed E-state index contributed by atoms with van der Waals surface area (Å²) in [6, 6.07) is 10.8. The van der Waals surface area contributed by atoms with Crippen LogP contribution in [0.15, 0.2) is 41.1 Å². The molecule has 0 saturated carbocycles. The van der Waals surface area contributed by atoms with E-state index in [0.29, 0.717) is 0 Å². The fraction of sp³-hybridized carbons (Fsp3) is 0.353. The van der Waals surface area contributed by atoms with E-state index in [-0.39, 0.29) is 12.1 Å². The van der Waals surface area contributed by atoms with Crippen molar-refractivity contribution in [3.8, 4) is 0 Å². The molecule has 0 aliphatic carbocycles. The molecule has 0 saturated heterocycles. The zero-order valence-corrected chi connectivity index (χ0v) is 13.3. The average molecular weight is 299 g/mol. The molecular formula is C17H21N3S. The number of para-hydroxylation sites is 2. The molecule has 2 unspecified atom stereocenters. The summed E-state index contributed by atoms with van der Waals surface area (Å²) >= 11 is 1.72. The number of aryl methyl sites for hydroxylation is 1. The Morgan fingerprint density at radius 1 is 1.24 bits per heavy atom. The lowest BCUT2D eigenvalue weighted by Gasteiger charge is -2.26. The van der Waals surface area contributed by atoms with Gasteiger partial charge in [0.2, 0.25) is 0 Å². The van der Waals surface area contributed by atoms with Crippen molar-refractivity contribution >= 4 is 22.4 Å². The monoisotopic (exact) mass is 299 g/mol. The van der Waals surface area contributed by atoms with Gasteiger partial charge in [0.15, 0.2) is 0 Å². The van der Waals surface area contributed by atoms with Crippen LogP contribution in [0.4, 0.5) is 0 Å². The van der Waals surface area contributed by atoms with Crippen LogP contribution >= 0.6 is 11.3 Å².